The molecule has 1 atom stereocenters. The first-order valence-corrected chi connectivity index (χ1v) is 6.98. The molecule has 1 unspecified atom stereocenters. The van der Waals surface area contributed by atoms with Crippen LogP contribution in [0.25, 0.3) is 0 Å². The van der Waals surface area contributed by atoms with Gasteiger partial charge in [-0.2, -0.15) is 0 Å². The lowest BCUT2D eigenvalue weighted by Gasteiger charge is -2.20. The molecule has 0 bridgehead atoms. The zero-order valence-electron chi connectivity index (χ0n) is 11.3. The molecule has 1 rings (SSSR count). The molecule has 0 aromatic rings. The molecule has 4 nitrogen and oxygen atoms in total. The topological polar surface area (TPSA) is 44.4 Å². The lowest BCUT2D eigenvalue weighted by atomic mass is 10.1. The van der Waals surface area contributed by atoms with Crippen molar-refractivity contribution in [1.82, 2.24) is 15.5 Å². The summed E-state index contributed by atoms with van der Waals surface area (Å²) in [5, 5.41) is 6.36. The van der Waals surface area contributed by atoms with Gasteiger partial charge >= 0.3 is 0 Å². The standard InChI is InChI=1S/C13H27N3O/c1-3-14-13(17)11-16(4-2)10-6-8-12-7-5-9-15-12/h12,15H,3-11H2,1-2H3,(H,14,17). The number of nitrogens with zero attached hydrogens (tertiary/aromatic N) is 1. The monoisotopic (exact) mass is 241 g/mol. The summed E-state index contributed by atoms with van der Waals surface area (Å²) in [4.78, 5) is 13.7. The van der Waals surface area contributed by atoms with Gasteiger partial charge in [0.2, 0.25) is 5.91 Å². The van der Waals surface area contributed by atoms with Crippen LogP contribution in [0.15, 0.2) is 0 Å². The Morgan fingerprint density at radius 3 is 2.88 bits per heavy atom. The van der Waals surface area contributed by atoms with Crippen LogP contribution in [0, 0.1) is 0 Å². The summed E-state index contributed by atoms with van der Waals surface area (Å²) >= 11 is 0. The molecular weight excluding hydrogens is 214 g/mol. The molecule has 0 saturated carbocycles. The van der Waals surface area contributed by atoms with Crippen molar-refractivity contribution in [3.8, 4) is 0 Å². The first-order valence-electron chi connectivity index (χ1n) is 6.98. The Morgan fingerprint density at radius 1 is 1.47 bits per heavy atom. The Morgan fingerprint density at radius 2 is 2.29 bits per heavy atom. The number of carbonyl (C=O) groups is 1. The average molecular weight is 241 g/mol. The predicted octanol–water partition coefficient (Wildman–Crippen LogP) is 0.977. The molecular formula is C13H27N3O. The van der Waals surface area contributed by atoms with Gasteiger partial charge in [0.25, 0.3) is 0 Å². The third-order valence-electron chi connectivity index (χ3n) is 3.38. The molecule has 1 amide bonds. The van der Waals surface area contributed by atoms with Crippen LogP contribution >= 0.6 is 0 Å². The Balaban J connectivity index is 2.10. The van der Waals surface area contributed by atoms with E-state index in [1.807, 2.05) is 6.92 Å². The minimum Gasteiger partial charge on any atom is -0.355 e. The largest absolute Gasteiger partial charge is 0.355 e. The summed E-state index contributed by atoms with van der Waals surface area (Å²) in [5.74, 6) is 0.147. The molecule has 4 heteroatoms. The first kappa shape index (κ1) is 14.5. The van der Waals surface area contributed by atoms with Crippen molar-refractivity contribution in [2.24, 2.45) is 0 Å². The molecule has 1 aliphatic heterocycles. The average Bonchev–Trinajstić information content (AvgIpc) is 2.81. The van der Waals surface area contributed by atoms with Gasteiger partial charge in [-0.25, -0.2) is 0 Å². The highest BCUT2D eigenvalue weighted by molar-refractivity contribution is 5.77. The quantitative estimate of drug-likeness (QED) is 0.666. The molecule has 1 aliphatic rings. The molecule has 1 fully saturated rings. The fourth-order valence-corrected chi connectivity index (χ4v) is 2.37. The van der Waals surface area contributed by atoms with Crippen molar-refractivity contribution in [1.29, 1.82) is 0 Å². The lowest BCUT2D eigenvalue weighted by molar-refractivity contribution is -0.122. The van der Waals surface area contributed by atoms with E-state index in [2.05, 4.69) is 22.5 Å². The molecule has 0 spiro atoms. The molecule has 1 saturated heterocycles. The zero-order valence-corrected chi connectivity index (χ0v) is 11.3. The molecule has 100 valence electrons. The van der Waals surface area contributed by atoms with Gasteiger partial charge in [-0.3, -0.25) is 9.69 Å². The normalized spacial score (nSPS) is 19.8. The molecule has 2 N–H and O–H groups in total. The van der Waals surface area contributed by atoms with Crippen LogP contribution < -0.4 is 10.6 Å². The van der Waals surface area contributed by atoms with Gasteiger partial charge in [0, 0.05) is 12.6 Å². The van der Waals surface area contributed by atoms with E-state index in [0.29, 0.717) is 6.54 Å². The van der Waals surface area contributed by atoms with Gasteiger partial charge in [-0.05, 0) is 52.2 Å². The van der Waals surface area contributed by atoms with Crippen molar-refractivity contribution in [2.75, 3.05) is 32.7 Å². The summed E-state index contributed by atoms with van der Waals surface area (Å²) in [5.41, 5.74) is 0. The molecule has 0 aromatic carbocycles. The van der Waals surface area contributed by atoms with E-state index >= 15 is 0 Å². The summed E-state index contributed by atoms with van der Waals surface area (Å²) < 4.78 is 0. The Bertz CT molecular complexity index is 215. The molecule has 0 radical (unpaired) electrons. The van der Waals surface area contributed by atoms with Crippen molar-refractivity contribution in [3.63, 3.8) is 0 Å². The number of carbonyl (C=O) groups excluding carboxylic acids is 1. The maximum Gasteiger partial charge on any atom is 0.234 e. The number of likely N-dealkylation sites (N-methyl/N-ethyl adjacent to an activating group) is 2. The van der Waals surface area contributed by atoms with E-state index in [1.54, 1.807) is 0 Å². The molecule has 17 heavy (non-hydrogen) atoms. The number of hydrogen-bond donors (Lipinski definition) is 2. The molecule has 1 heterocycles. The zero-order chi connectivity index (χ0) is 12.5. The first-order chi connectivity index (χ1) is 8.26. The van der Waals surface area contributed by atoms with E-state index in [9.17, 15) is 4.79 Å². The second kappa shape index (κ2) is 8.48. The highest BCUT2D eigenvalue weighted by Crippen LogP contribution is 2.10. The van der Waals surface area contributed by atoms with Gasteiger partial charge in [0.15, 0.2) is 0 Å². The minimum atomic E-state index is 0.147. The second-order valence-electron chi connectivity index (χ2n) is 4.76. The van der Waals surface area contributed by atoms with Crippen molar-refractivity contribution >= 4 is 5.91 Å². The maximum atomic E-state index is 11.5. The van der Waals surface area contributed by atoms with E-state index in [0.717, 1.165) is 25.7 Å². The van der Waals surface area contributed by atoms with Crippen molar-refractivity contribution in [2.45, 2.75) is 45.6 Å². The molecule has 0 aliphatic carbocycles. The highest BCUT2D eigenvalue weighted by atomic mass is 16.2. The number of nitrogens with one attached hydrogen (secondary N) is 2. The van der Waals surface area contributed by atoms with Gasteiger partial charge in [-0.1, -0.05) is 6.92 Å². The van der Waals surface area contributed by atoms with E-state index < -0.39 is 0 Å². The number of amides is 1. The molecule has 0 aromatic heterocycles. The minimum absolute atomic E-state index is 0.147. The smallest absolute Gasteiger partial charge is 0.234 e. The van der Waals surface area contributed by atoms with Crippen LogP contribution in [0.2, 0.25) is 0 Å². The Labute approximate surface area is 105 Å². The Kier molecular flexibility index (Phi) is 7.21. The summed E-state index contributed by atoms with van der Waals surface area (Å²) in [6.45, 7) is 8.51. The van der Waals surface area contributed by atoms with Crippen LogP contribution in [0.4, 0.5) is 0 Å². The van der Waals surface area contributed by atoms with Gasteiger partial charge < -0.3 is 10.6 Å². The third-order valence-corrected chi connectivity index (χ3v) is 3.38. The predicted molar refractivity (Wildman–Crippen MR) is 71.1 cm³/mol. The third kappa shape index (κ3) is 6.03. The van der Waals surface area contributed by atoms with E-state index in [-0.39, 0.29) is 5.91 Å². The van der Waals surface area contributed by atoms with Crippen LogP contribution in [0.3, 0.4) is 0 Å². The fraction of sp³-hybridized carbons (Fsp3) is 0.923. The summed E-state index contributed by atoms with van der Waals surface area (Å²) in [6, 6.07) is 0.721. The number of rotatable bonds is 8. The second-order valence-corrected chi connectivity index (χ2v) is 4.76. The van der Waals surface area contributed by atoms with Crippen molar-refractivity contribution < 1.29 is 4.79 Å². The number of hydrogen-bond acceptors (Lipinski definition) is 3. The van der Waals surface area contributed by atoms with Crippen LogP contribution in [-0.2, 0) is 4.79 Å². The summed E-state index contributed by atoms with van der Waals surface area (Å²) in [7, 11) is 0. The van der Waals surface area contributed by atoms with Gasteiger partial charge in [-0.15, -0.1) is 0 Å². The lowest BCUT2D eigenvalue weighted by Crippen LogP contribution is -2.37. The fourth-order valence-electron chi connectivity index (χ4n) is 2.37. The van der Waals surface area contributed by atoms with Gasteiger partial charge in [0.05, 0.1) is 6.54 Å². The van der Waals surface area contributed by atoms with Crippen LogP contribution in [-0.4, -0.2) is 49.6 Å². The van der Waals surface area contributed by atoms with Crippen LogP contribution in [0.1, 0.15) is 39.5 Å². The Hall–Kier alpha value is -0.610. The van der Waals surface area contributed by atoms with Gasteiger partial charge in [0.1, 0.15) is 0 Å². The van der Waals surface area contributed by atoms with E-state index in [4.69, 9.17) is 0 Å². The van der Waals surface area contributed by atoms with E-state index in [1.165, 1.54) is 32.2 Å². The SMILES string of the molecule is CCNC(=O)CN(CC)CCCC1CCCN1. The summed E-state index contributed by atoms with van der Waals surface area (Å²) in [6.07, 6.45) is 5.07. The maximum absolute atomic E-state index is 11.5. The van der Waals surface area contributed by atoms with Crippen molar-refractivity contribution in [3.05, 3.63) is 0 Å². The van der Waals surface area contributed by atoms with Crippen LogP contribution in [0.5, 0.6) is 0 Å². The highest BCUT2D eigenvalue weighted by Gasteiger charge is 2.14.